The highest BCUT2D eigenvalue weighted by Gasteiger charge is 2.43. The number of anilines is 1. The van der Waals surface area contributed by atoms with Crippen LogP contribution in [0.5, 0.6) is 0 Å². The molecular formula is C26H30FN5O. The second-order valence-corrected chi connectivity index (χ2v) is 9.14. The molecule has 2 aromatic heterocycles. The van der Waals surface area contributed by atoms with Crippen LogP contribution in [-0.2, 0) is 17.8 Å². The van der Waals surface area contributed by atoms with Gasteiger partial charge in [-0.05, 0) is 61.1 Å². The Morgan fingerprint density at radius 3 is 2.61 bits per heavy atom. The molecule has 1 aliphatic heterocycles. The smallest absolute Gasteiger partial charge is 0.225 e. The first-order valence-electron chi connectivity index (χ1n) is 11.9. The number of halogens is 1. The largest absolute Gasteiger partial charge is 0.376 e. The molecule has 1 aromatic carbocycles. The minimum absolute atomic E-state index is 0.250. The number of piperidine rings is 1. The lowest BCUT2D eigenvalue weighted by molar-refractivity contribution is 0.102. The summed E-state index contributed by atoms with van der Waals surface area (Å²) in [6, 6.07) is 6.98. The first kappa shape index (κ1) is 21.9. The van der Waals surface area contributed by atoms with Crippen LogP contribution in [0.25, 0.3) is 11.3 Å². The molecule has 3 heterocycles. The fourth-order valence-corrected chi connectivity index (χ4v) is 4.87. The fourth-order valence-electron chi connectivity index (χ4n) is 4.87. The molecule has 1 saturated carbocycles. The Balaban J connectivity index is 1.06. The third-order valence-electron chi connectivity index (χ3n) is 7.03. The summed E-state index contributed by atoms with van der Waals surface area (Å²) in [5, 5.41) is 0. The molecular weight excluding hydrogens is 417 g/mol. The Bertz CT molecular complexity index is 1050. The highest BCUT2D eigenvalue weighted by molar-refractivity contribution is 5.58. The Kier molecular flexibility index (Phi) is 6.58. The Hall–Kier alpha value is -2.93. The normalized spacial score (nSPS) is 20.7. The zero-order valence-corrected chi connectivity index (χ0v) is 19.0. The number of hydrogen-bond acceptors (Lipinski definition) is 6. The molecule has 0 spiro atoms. The van der Waals surface area contributed by atoms with Crippen molar-refractivity contribution in [3.05, 3.63) is 66.1 Å². The van der Waals surface area contributed by atoms with E-state index in [0.29, 0.717) is 30.4 Å². The minimum atomic E-state index is -0.250. The van der Waals surface area contributed by atoms with Crippen LogP contribution >= 0.6 is 0 Å². The van der Waals surface area contributed by atoms with Gasteiger partial charge in [0.15, 0.2) is 0 Å². The molecule has 0 N–H and O–H groups in total. The van der Waals surface area contributed by atoms with Crippen molar-refractivity contribution in [2.24, 2.45) is 17.8 Å². The lowest BCUT2D eigenvalue weighted by atomic mass is 9.91. The third-order valence-corrected chi connectivity index (χ3v) is 7.03. The van der Waals surface area contributed by atoms with E-state index < -0.39 is 0 Å². The van der Waals surface area contributed by atoms with Crippen LogP contribution in [0.1, 0.15) is 37.3 Å². The van der Waals surface area contributed by atoms with Crippen molar-refractivity contribution in [2.75, 3.05) is 24.6 Å². The lowest BCUT2D eigenvalue weighted by Gasteiger charge is -2.32. The van der Waals surface area contributed by atoms with Crippen LogP contribution in [0.2, 0.25) is 0 Å². The minimum Gasteiger partial charge on any atom is -0.376 e. The van der Waals surface area contributed by atoms with Crippen LogP contribution < -0.4 is 4.90 Å². The SMILES string of the molecule is CCc1cnc(N2CCC([C@H]3C[C@H]3COCc3ccc(-c4ccncn4)cc3F)CC2)nc1. The van der Waals surface area contributed by atoms with E-state index in [2.05, 4.69) is 31.8 Å². The highest BCUT2D eigenvalue weighted by Crippen LogP contribution is 2.48. The van der Waals surface area contributed by atoms with Gasteiger partial charge in [-0.15, -0.1) is 0 Å². The van der Waals surface area contributed by atoms with Crippen LogP contribution in [0.4, 0.5) is 10.3 Å². The summed E-state index contributed by atoms with van der Waals surface area (Å²) in [6.07, 6.45) is 11.6. The zero-order chi connectivity index (χ0) is 22.6. The van der Waals surface area contributed by atoms with Crippen molar-refractivity contribution in [3.63, 3.8) is 0 Å². The Morgan fingerprint density at radius 1 is 1.09 bits per heavy atom. The van der Waals surface area contributed by atoms with E-state index >= 15 is 0 Å². The number of nitrogens with zero attached hydrogens (tertiary/aromatic N) is 5. The predicted molar refractivity (Wildman–Crippen MR) is 125 cm³/mol. The molecule has 7 heteroatoms. The van der Waals surface area contributed by atoms with Crippen molar-refractivity contribution >= 4 is 5.95 Å². The monoisotopic (exact) mass is 447 g/mol. The summed E-state index contributed by atoms with van der Waals surface area (Å²) < 4.78 is 20.4. The quantitative estimate of drug-likeness (QED) is 0.499. The van der Waals surface area contributed by atoms with Gasteiger partial charge >= 0.3 is 0 Å². The van der Waals surface area contributed by atoms with E-state index in [1.165, 1.54) is 37.2 Å². The van der Waals surface area contributed by atoms with E-state index in [1.54, 1.807) is 18.3 Å². The van der Waals surface area contributed by atoms with Gasteiger partial charge < -0.3 is 9.64 Å². The van der Waals surface area contributed by atoms with Crippen LogP contribution in [0, 0.1) is 23.6 Å². The molecule has 33 heavy (non-hydrogen) atoms. The zero-order valence-electron chi connectivity index (χ0n) is 19.0. The van der Waals surface area contributed by atoms with Gasteiger partial charge in [0.2, 0.25) is 5.95 Å². The molecule has 2 fully saturated rings. The number of hydrogen-bond donors (Lipinski definition) is 0. The molecule has 6 nitrogen and oxygen atoms in total. The van der Waals surface area contributed by atoms with E-state index in [-0.39, 0.29) is 5.82 Å². The first-order chi connectivity index (χ1) is 16.2. The maximum atomic E-state index is 14.5. The molecule has 2 atom stereocenters. The molecule has 0 unspecified atom stereocenters. The van der Waals surface area contributed by atoms with Crippen LogP contribution in [0.15, 0.2) is 49.2 Å². The second-order valence-electron chi connectivity index (χ2n) is 9.14. The molecule has 5 rings (SSSR count). The van der Waals surface area contributed by atoms with Gasteiger partial charge in [-0.25, -0.2) is 24.3 Å². The molecule has 0 amide bonds. The predicted octanol–water partition coefficient (Wildman–Crippen LogP) is 4.70. The molecule has 0 radical (unpaired) electrons. The lowest BCUT2D eigenvalue weighted by Crippen LogP contribution is -2.35. The van der Waals surface area contributed by atoms with Crippen LogP contribution in [0.3, 0.4) is 0 Å². The van der Waals surface area contributed by atoms with Crippen molar-refractivity contribution in [3.8, 4) is 11.3 Å². The van der Waals surface area contributed by atoms with Gasteiger partial charge in [-0.1, -0.05) is 19.1 Å². The van der Waals surface area contributed by atoms with E-state index in [9.17, 15) is 4.39 Å². The summed E-state index contributed by atoms with van der Waals surface area (Å²) >= 11 is 0. The number of rotatable bonds is 8. The van der Waals surface area contributed by atoms with Crippen molar-refractivity contribution in [1.29, 1.82) is 0 Å². The summed E-state index contributed by atoms with van der Waals surface area (Å²) in [4.78, 5) is 19.4. The van der Waals surface area contributed by atoms with E-state index in [4.69, 9.17) is 4.74 Å². The van der Waals surface area contributed by atoms with Gasteiger partial charge in [-0.3, -0.25) is 0 Å². The molecule has 172 valence electrons. The summed E-state index contributed by atoms with van der Waals surface area (Å²) in [5.74, 6) is 2.69. The van der Waals surface area contributed by atoms with Crippen molar-refractivity contribution in [2.45, 2.75) is 39.2 Å². The van der Waals surface area contributed by atoms with Gasteiger partial charge in [0, 0.05) is 42.8 Å². The average molecular weight is 448 g/mol. The molecule has 1 aliphatic carbocycles. The number of aromatic nitrogens is 4. The van der Waals surface area contributed by atoms with Crippen LogP contribution in [-0.4, -0.2) is 39.6 Å². The molecule has 3 aromatic rings. The highest BCUT2D eigenvalue weighted by atomic mass is 19.1. The van der Waals surface area contributed by atoms with Crippen molar-refractivity contribution < 1.29 is 9.13 Å². The number of aryl methyl sites for hydroxylation is 1. The fraction of sp³-hybridized carbons (Fsp3) is 0.462. The molecule has 2 aliphatic rings. The summed E-state index contributed by atoms with van der Waals surface area (Å²) in [6.45, 7) is 5.17. The van der Waals surface area contributed by atoms with Gasteiger partial charge in [0.05, 0.1) is 18.9 Å². The van der Waals surface area contributed by atoms with Gasteiger partial charge in [-0.2, -0.15) is 0 Å². The number of ether oxygens (including phenoxy) is 1. The summed E-state index contributed by atoms with van der Waals surface area (Å²) in [5.41, 5.74) is 3.23. The first-order valence-corrected chi connectivity index (χ1v) is 11.9. The van der Waals surface area contributed by atoms with Crippen molar-refractivity contribution in [1.82, 2.24) is 19.9 Å². The summed E-state index contributed by atoms with van der Waals surface area (Å²) in [7, 11) is 0. The number of benzene rings is 1. The molecule has 1 saturated heterocycles. The second kappa shape index (κ2) is 9.91. The third kappa shape index (κ3) is 5.19. The van der Waals surface area contributed by atoms with E-state index in [0.717, 1.165) is 42.9 Å². The molecule has 0 bridgehead atoms. The van der Waals surface area contributed by atoms with Gasteiger partial charge in [0.25, 0.3) is 0 Å². The standard InChI is InChI=1S/C26H30FN5O/c1-2-18-13-29-26(30-14-18)32-9-6-19(7-10-32)23-11-22(23)16-33-15-21-4-3-20(12-24(21)27)25-5-8-28-17-31-25/h3-5,8,12-14,17,19,22-23H,2,6-7,9-11,15-16H2,1H3/t22-,23+/m0/s1. The maximum Gasteiger partial charge on any atom is 0.225 e. The topological polar surface area (TPSA) is 64.0 Å². The maximum absolute atomic E-state index is 14.5. The van der Waals surface area contributed by atoms with E-state index in [1.807, 2.05) is 18.5 Å². The Labute approximate surface area is 194 Å². The average Bonchev–Trinajstić information content (AvgIpc) is 3.65. The Morgan fingerprint density at radius 2 is 1.91 bits per heavy atom. The van der Waals surface area contributed by atoms with Gasteiger partial charge in [0.1, 0.15) is 12.1 Å².